The van der Waals surface area contributed by atoms with Gasteiger partial charge in [0.15, 0.2) is 11.9 Å². The summed E-state index contributed by atoms with van der Waals surface area (Å²) < 4.78 is 52.6. The number of hydroxylamine groups is 2. The van der Waals surface area contributed by atoms with Gasteiger partial charge in [0.2, 0.25) is 0 Å². The van der Waals surface area contributed by atoms with Crippen LogP contribution < -0.4 is 10.6 Å². The quantitative estimate of drug-likeness (QED) is 0.521. The van der Waals surface area contributed by atoms with Gasteiger partial charge >= 0.3 is 12.2 Å². The van der Waals surface area contributed by atoms with Crippen molar-refractivity contribution in [3.8, 4) is 0 Å². The van der Waals surface area contributed by atoms with Gasteiger partial charge in [-0.3, -0.25) is 14.5 Å². The summed E-state index contributed by atoms with van der Waals surface area (Å²) >= 11 is 0. The number of cyclic esters (lactones) is 1. The van der Waals surface area contributed by atoms with Crippen molar-refractivity contribution < 1.29 is 46.9 Å². The molecule has 2 saturated heterocycles. The molecule has 4 aliphatic heterocycles. The molecule has 12 nitrogen and oxygen atoms in total. The molecule has 2 N–H and O–H groups in total. The van der Waals surface area contributed by atoms with Crippen LogP contribution >= 0.6 is 0 Å². The predicted octanol–water partition coefficient (Wildman–Crippen LogP) is 3.84. The molecule has 2 fully saturated rings. The average molecular weight is 621 g/mol. The molecule has 0 aromatic heterocycles. The first kappa shape index (κ1) is 31.8. The van der Waals surface area contributed by atoms with Crippen LogP contribution in [0.1, 0.15) is 53.5 Å². The lowest BCUT2D eigenvalue weighted by atomic mass is 9.97. The number of anilines is 1. The Morgan fingerprint density at radius 2 is 1.86 bits per heavy atom. The number of nitrogens with two attached hydrogens (primary N) is 1. The van der Waals surface area contributed by atoms with Crippen LogP contribution in [0.2, 0.25) is 0 Å². The van der Waals surface area contributed by atoms with Gasteiger partial charge < -0.3 is 29.6 Å². The van der Waals surface area contributed by atoms with E-state index in [4.69, 9.17) is 29.5 Å². The lowest BCUT2D eigenvalue weighted by Gasteiger charge is -2.29. The molecule has 0 radical (unpaired) electrons. The van der Waals surface area contributed by atoms with Crippen LogP contribution in [-0.2, 0) is 28.6 Å². The topological polar surface area (TPSA) is 133 Å². The zero-order valence-corrected chi connectivity index (χ0v) is 25.6. The second-order valence-corrected chi connectivity index (χ2v) is 12.6. The van der Waals surface area contributed by atoms with E-state index in [9.17, 15) is 14.4 Å². The van der Waals surface area contributed by atoms with E-state index in [0.29, 0.717) is 11.3 Å². The van der Waals surface area contributed by atoms with Gasteiger partial charge in [0.05, 0.1) is 24.9 Å². The molecule has 0 bridgehead atoms. The number of hydrogen-bond donors (Lipinski definition) is 1. The number of nitrogens with zero attached hydrogens (tertiary/aromatic N) is 3. The highest BCUT2D eigenvalue weighted by molar-refractivity contribution is 5.90. The molecular formula is C30H38F2N4O8. The van der Waals surface area contributed by atoms with Crippen LogP contribution in [0.3, 0.4) is 0 Å². The summed E-state index contributed by atoms with van der Waals surface area (Å²) in [6, 6.07) is 1.24. The maximum Gasteiger partial charge on any atom is 0.439 e. The molecule has 44 heavy (non-hydrogen) atoms. The second-order valence-electron chi connectivity index (χ2n) is 12.6. The Balaban J connectivity index is 1.23. The standard InChI is InChI=1S/C30H38F2N4O8/c1-16-11-21(44-36(16)28(39)43-29(2,3)4)25(33)22-14-35(27(38)41-22)18-12-19(31)24(20(32)13-18)17-7-9-34(10-8-17)26(37)23-15-40-30(5,6)42-23/h7,11-13,21-23,25H,8-10,14-15,33H2,1-6H3/t21-,22?,23+,25?/m1/s1. The Morgan fingerprint density at radius 3 is 2.43 bits per heavy atom. The van der Waals surface area contributed by atoms with Crippen molar-refractivity contribution in [2.75, 3.05) is 31.1 Å². The number of hydrogen-bond acceptors (Lipinski definition) is 9. The molecule has 3 amide bonds. The zero-order valence-electron chi connectivity index (χ0n) is 25.6. The number of carbonyl (C=O) groups is 3. The number of carbonyl (C=O) groups excluding carboxylic acids is 3. The first-order valence-electron chi connectivity index (χ1n) is 14.4. The van der Waals surface area contributed by atoms with Gasteiger partial charge in [-0.05, 0) is 71.7 Å². The minimum absolute atomic E-state index is 0.0351. The number of benzene rings is 1. The van der Waals surface area contributed by atoms with E-state index < -0.39 is 59.6 Å². The smallest absolute Gasteiger partial charge is 0.439 e. The Kier molecular flexibility index (Phi) is 8.48. The fraction of sp³-hybridized carbons (Fsp3) is 0.567. The summed E-state index contributed by atoms with van der Waals surface area (Å²) in [4.78, 5) is 46.4. The van der Waals surface area contributed by atoms with E-state index >= 15 is 8.78 Å². The van der Waals surface area contributed by atoms with E-state index in [0.717, 1.165) is 22.1 Å². The molecule has 0 saturated carbocycles. The lowest BCUT2D eigenvalue weighted by molar-refractivity contribution is -0.159. The van der Waals surface area contributed by atoms with E-state index in [1.54, 1.807) is 58.6 Å². The minimum atomic E-state index is -0.898. The van der Waals surface area contributed by atoms with Crippen LogP contribution in [0, 0.1) is 11.6 Å². The largest absolute Gasteiger partial charge is 0.442 e. The molecule has 5 rings (SSSR count). The van der Waals surface area contributed by atoms with Crippen molar-refractivity contribution >= 4 is 29.4 Å². The maximum atomic E-state index is 15.4. The highest BCUT2D eigenvalue weighted by Crippen LogP contribution is 2.34. The Hall–Kier alpha value is -3.59. The van der Waals surface area contributed by atoms with Crippen molar-refractivity contribution in [3.05, 3.63) is 47.2 Å². The Labute approximate surface area is 254 Å². The molecule has 2 unspecified atom stereocenters. The number of ether oxygens (including phenoxy) is 4. The molecule has 0 aliphatic carbocycles. The van der Waals surface area contributed by atoms with Crippen molar-refractivity contribution in [1.82, 2.24) is 9.96 Å². The summed E-state index contributed by atoms with van der Waals surface area (Å²) in [5.74, 6) is -2.80. The highest BCUT2D eigenvalue weighted by atomic mass is 19.1. The minimum Gasteiger partial charge on any atom is -0.442 e. The normalized spacial score (nSPS) is 26.0. The average Bonchev–Trinajstić information content (AvgIpc) is 3.62. The summed E-state index contributed by atoms with van der Waals surface area (Å²) in [6.07, 6.45) is -0.535. The fourth-order valence-electron chi connectivity index (χ4n) is 5.45. The van der Waals surface area contributed by atoms with Crippen LogP contribution in [-0.4, -0.2) is 90.0 Å². The van der Waals surface area contributed by atoms with E-state index in [-0.39, 0.29) is 49.8 Å². The van der Waals surface area contributed by atoms with Gasteiger partial charge in [0, 0.05) is 24.4 Å². The lowest BCUT2D eigenvalue weighted by Crippen LogP contribution is -2.47. The third-order valence-corrected chi connectivity index (χ3v) is 7.62. The third-order valence-electron chi connectivity index (χ3n) is 7.62. The molecule has 1 aromatic rings. The van der Waals surface area contributed by atoms with Gasteiger partial charge in [-0.15, -0.1) is 0 Å². The number of halogens is 2. The Bertz CT molecular complexity index is 1380. The van der Waals surface area contributed by atoms with Crippen LogP contribution in [0.5, 0.6) is 0 Å². The van der Waals surface area contributed by atoms with Gasteiger partial charge in [-0.1, -0.05) is 6.08 Å². The molecule has 1 aromatic carbocycles. The molecule has 240 valence electrons. The molecule has 0 spiro atoms. The van der Waals surface area contributed by atoms with Crippen molar-refractivity contribution in [2.24, 2.45) is 5.73 Å². The number of amides is 3. The van der Waals surface area contributed by atoms with Crippen LogP contribution in [0.15, 0.2) is 30.0 Å². The van der Waals surface area contributed by atoms with E-state index in [2.05, 4.69) is 0 Å². The maximum absolute atomic E-state index is 15.4. The van der Waals surface area contributed by atoms with Crippen molar-refractivity contribution in [2.45, 2.75) is 83.7 Å². The number of allylic oxidation sites excluding steroid dienone is 1. The molecule has 4 aliphatic rings. The third kappa shape index (κ3) is 6.58. The van der Waals surface area contributed by atoms with Crippen molar-refractivity contribution in [1.29, 1.82) is 0 Å². The summed E-state index contributed by atoms with van der Waals surface area (Å²) in [5.41, 5.74) is 6.23. The first-order chi connectivity index (χ1) is 20.5. The first-order valence-corrected chi connectivity index (χ1v) is 14.4. The van der Waals surface area contributed by atoms with Gasteiger partial charge in [0.1, 0.15) is 29.4 Å². The van der Waals surface area contributed by atoms with Crippen LogP contribution in [0.25, 0.3) is 5.57 Å². The monoisotopic (exact) mass is 620 g/mol. The second kappa shape index (κ2) is 11.7. The fourth-order valence-corrected chi connectivity index (χ4v) is 5.45. The SMILES string of the molecule is CC1=C[C@H](C(N)C2CN(c3cc(F)c(C4=CCN(C(=O)[C@@H]5COC(C)(C)O5)CC4)c(F)c3)C(=O)O2)ON1C(=O)OC(C)(C)C. The van der Waals surface area contributed by atoms with Gasteiger partial charge in [0.25, 0.3) is 5.91 Å². The van der Waals surface area contributed by atoms with Gasteiger partial charge in [-0.2, -0.15) is 5.06 Å². The number of rotatable bonds is 5. The molecule has 14 heteroatoms. The molecule has 4 heterocycles. The van der Waals surface area contributed by atoms with Crippen LogP contribution in [0.4, 0.5) is 24.1 Å². The van der Waals surface area contributed by atoms with Crippen molar-refractivity contribution in [3.63, 3.8) is 0 Å². The van der Waals surface area contributed by atoms with E-state index in [1.165, 1.54) is 0 Å². The summed E-state index contributed by atoms with van der Waals surface area (Å²) in [6.45, 7) is 10.7. The highest BCUT2D eigenvalue weighted by Gasteiger charge is 2.43. The molecular weight excluding hydrogens is 582 g/mol. The summed E-state index contributed by atoms with van der Waals surface area (Å²) in [7, 11) is 0. The Morgan fingerprint density at radius 1 is 1.18 bits per heavy atom. The molecule has 4 atom stereocenters. The van der Waals surface area contributed by atoms with Gasteiger partial charge in [-0.25, -0.2) is 18.4 Å². The van der Waals surface area contributed by atoms with E-state index in [1.807, 2.05) is 0 Å². The zero-order chi connectivity index (χ0) is 32.1. The summed E-state index contributed by atoms with van der Waals surface area (Å²) in [5, 5.41) is 0.987. The predicted molar refractivity (Wildman–Crippen MR) is 153 cm³/mol.